The molecule has 0 bridgehead atoms. The lowest BCUT2D eigenvalue weighted by Crippen LogP contribution is -2.17. The van der Waals surface area contributed by atoms with Crippen LogP contribution in [0.2, 0.25) is 0 Å². The lowest BCUT2D eigenvalue weighted by Gasteiger charge is -2.11. The maximum Gasteiger partial charge on any atom is 0.0665 e. The van der Waals surface area contributed by atoms with Gasteiger partial charge in [-0.05, 0) is 43.9 Å². The first-order valence-corrected chi connectivity index (χ1v) is 7.03. The second kappa shape index (κ2) is 5.17. The van der Waals surface area contributed by atoms with Crippen molar-refractivity contribution < 1.29 is 0 Å². The van der Waals surface area contributed by atoms with Gasteiger partial charge in [0.2, 0.25) is 0 Å². The summed E-state index contributed by atoms with van der Waals surface area (Å²) in [4.78, 5) is 0. The Balaban J connectivity index is 1.77. The molecule has 0 unspecified atom stereocenters. The van der Waals surface area contributed by atoms with Crippen molar-refractivity contribution in [3.8, 4) is 0 Å². The van der Waals surface area contributed by atoms with Crippen LogP contribution in [0.4, 0.5) is 0 Å². The van der Waals surface area contributed by atoms with Crippen LogP contribution < -0.4 is 5.32 Å². The summed E-state index contributed by atoms with van der Waals surface area (Å²) in [5, 5.41) is 8.14. The fraction of sp³-hybridized carbons (Fsp3) is 0.438. The SMILES string of the molecule is Cc1cc(C)n(Cc2ccccc2CNC2CC2)n1. The molecule has 1 aliphatic carbocycles. The van der Waals surface area contributed by atoms with E-state index in [1.807, 2.05) is 6.92 Å². The molecule has 3 heteroatoms. The average Bonchev–Trinajstić information content (AvgIpc) is 3.15. The zero-order valence-electron chi connectivity index (χ0n) is 11.7. The highest BCUT2D eigenvalue weighted by Crippen LogP contribution is 2.20. The first-order valence-electron chi connectivity index (χ1n) is 7.03. The summed E-state index contributed by atoms with van der Waals surface area (Å²) in [6, 6.07) is 11.5. The molecule has 0 amide bonds. The molecule has 3 rings (SSSR count). The molecule has 1 aromatic heterocycles. The van der Waals surface area contributed by atoms with Gasteiger partial charge in [0.25, 0.3) is 0 Å². The Hall–Kier alpha value is -1.61. The summed E-state index contributed by atoms with van der Waals surface area (Å²) in [5.41, 5.74) is 5.07. The van der Waals surface area contributed by atoms with Gasteiger partial charge < -0.3 is 5.32 Å². The van der Waals surface area contributed by atoms with E-state index in [0.29, 0.717) is 0 Å². The molecule has 1 saturated carbocycles. The van der Waals surface area contributed by atoms with Gasteiger partial charge in [0.1, 0.15) is 0 Å². The smallest absolute Gasteiger partial charge is 0.0665 e. The van der Waals surface area contributed by atoms with E-state index >= 15 is 0 Å². The van der Waals surface area contributed by atoms with Crippen molar-refractivity contribution in [3.63, 3.8) is 0 Å². The van der Waals surface area contributed by atoms with Gasteiger partial charge in [-0.15, -0.1) is 0 Å². The second-order valence-corrected chi connectivity index (χ2v) is 5.51. The molecule has 1 aromatic carbocycles. The van der Waals surface area contributed by atoms with Crippen LogP contribution in [0.25, 0.3) is 0 Å². The monoisotopic (exact) mass is 255 g/mol. The van der Waals surface area contributed by atoms with Crippen LogP contribution in [0.1, 0.15) is 35.4 Å². The number of nitrogens with zero attached hydrogens (tertiary/aromatic N) is 2. The largest absolute Gasteiger partial charge is 0.310 e. The van der Waals surface area contributed by atoms with E-state index in [2.05, 4.69) is 52.4 Å². The first-order chi connectivity index (χ1) is 9.22. The van der Waals surface area contributed by atoms with Crippen LogP contribution in [-0.2, 0) is 13.1 Å². The number of aromatic nitrogens is 2. The molecular formula is C16H21N3. The summed E-state index contributed by atoms with van der Waals surface area (Å²) in [6.45, 7) is 6.00. The highest BCUT2D eigenvalue weighted by atomic mass is 15.3. The van der Waals surface area contributed by atoms with E-state index in [-0.39, 0.29) is 0 Å². The Labute approximate surface area is 114 Å². The third-order valence-electron chi connectivity index (χ3n) is 3.70. The molecule has 1 fully saturated rings. The van der Waals surface area contributed by atoms with E-state index < -0.39 is 0 Å². The topological polar surface area (TPSA) is 29.9 Å². The third-order valence-corrected chi connectivity index (χ3v) is 3.70. The fourth-order valence-corrected chi connectivity index (χ4v) is 2.42. The maximum absolute atomic E-state index is 4.55. The standard InChI is InChI=1S/C16H21N3/c1-12-9-13(2)19(18-12)11-15-6-4-3-5-14(15)10-17-16-7-8-16/h3-6,9,16-17H,7-8,10-11H2,1-2H3. The number of rotatable bonds is 5. The maximum atomic E-state index is 4.55. The van der Waals surface area contributed by atoms with Crippen LogP contribution in [0, 0.1) is 13.8 Å². The molecular weight excluding hydrogens is 234 g/mol. The van der Waals surface area contributed by atoms with Gasteiger partial charge in [-0.1, -0.05) is 24.3 Å². The lowest BCUT2D eigenvalue weighted by molar-refractivity contribution is 0.638. The van der Waals surface area contributed by atoms with Gasteiger partial charge in [-0.3, -0.25) is 4.68 Å². The first kappa shape index (κ1) is 12.4. The Bertz CT molecular complexity index is 567. The number of aryl methyl sites for hydroxylation is 2. The minimum Gasteiger partial charge on any atom is -0.310 e. The van der Waals surface area contributed by atoms with Crippen molar-refractivity contribution in [2.24, 2.45) is 0 Å². The minimum absolute atomic E-state index is 0.752. The summed E-state index contributed by atoms with van der Waals surface area (Å²) in [6.07, 6.45) is 2.67. The predicted molar refractivity (Wildman–Crippen MR) is 77.1 cm³/mol. The minimum atomic E-state index is 0.752. The molecule has 0 aliphatic heterocycles. The van der Waals surface area contributed by atoms with Crippen molar-refractivity contribution in [3.05, 3.63) is 52.8 Å². The molecule has 0 spiro atoms. The average molecular weight is 255 g/mol. The molecule has 0 radical (unpaired) electrons. The van der Waals surface area contributed by atoms with Crippen LogP contribution in [-0.4, -0.2) is 15.8 Å². The van der Waals surface area contributed by atoms with Crippen molar-refractivity contribution in [2.45, 2.75) is 45.8 Å². The molecule has 0 atom stereocenters. The quantitative estimate of drug-likeness (QED) is 0.890. The lowest BCUT2D eigenvalue weighted by atomic mass is 10.1. The summed E-state index contributed by atoms with van der Waals surface area (Å²) in [5.74, 6) is 0. The molecule has 1 heterocycles. The van der Waals surface area contributed by atoms with E-state index in [9.17, 15) is 0 Å². The molecule has 2 aromatic rings. The van der Waals surface area contributed by atoms with Gasteiger partial charge in [-0.2, -0.15) is 5.10 Å². The van der Waals surface area contributed by atoms with Crippen molar-refractivity contribution in [2.75, 3.05) is 0 Å². The number of nitrogens with one attached hydrogen (secondary N) is 1. The van der Waals surface area contributed by atoms with Gasteiger partial charge in [-0.25, -0.2) is 0 Å². The van der Waals surface area contributed by atoms with Gasteiger partial charge >= 0.3 is 0 Å². The summed E-state index contributed by atoms with van der Waals surface area (Å²) in [7, 11) is 0. The zero-order valence-corrected chi connectivity index (χ0v) is 11.7. The second-order valence-electron chi connectivity index (χ2n) is 5.51. The highest BCUT2D eigenvalue weighted by Gasteiger charge is 2.20. The van der Waals surface area contributed by atoms with Crippen LogP contribution in [0.3, 0.4) is 0 Å². The Morgan fingerprint density at radius 2 is 1.95 bits per heavy atom. The Morgan fingerprint density at radius 1 is 1.21 bits per heavy atom. The van der Waals surface area contributed by atoms with Crippen LogP contribution >= 0.6 is 0 Å². The predicted octanol–water partition coefficient (Wildman–Crippen LogP) is 2.80. The van der Waals surface area contributed by atoms with E-state index in [1.165, 1.54) is 29.7 Å². The van der Waals surface area contributed by atoms with Gasteiger partial charge in [0.15, 0.2) is 0 Å². The Morgan fingerprint density at radius 3 is 2.58 bits per heavy atom. The van der Waals surface area contributed by atoms with Crippen molar-refractivity contribution in [1.29, 1.82) is 0 Å². The van der Waals surface area contributed by atoms with Crippen LogP contribution in [0.5, 0.6) is 0 Å². The van der Waals surface area contributed by atoms with Crippen molar-refractivity contribution >= 4 is 0 Å². The van der Waals surface area contributed by atoms with Gasteiger partial charge in [0.05, 0.1) is 12.2 Å². The number of hydrogen-bond donors (Lipinski definition) is 1. The number of benzene rings is 1. The zero-order chi connectivity index (χ0) is 13.2. The summed E-state index contributed by atoms with van der Waals surface area (Å²) < 4.78 is 2.09. The molecule has 1 aliphatic rings. The summed E-state index contributed by atoms with van der Waals surface area (Å²) >= 11 is 0. The van der Waals surface area contributed by atoms with E-state index in [4.69, 9.17) is 0 Å². The molecule has 1 N–H and O–H groups in total. The highest BCUT2D eigenvalue weighted by molar-refractivity contribution is 5.28. The normalized spacial score (nSPS) is 14.8. The molecule has 19 heavy (non-hydrogen) atoms. The van der Waals surface area contributed by atoms with E-state index in [1.54, 1.807) is 0 Å². The number of hydrogen-bond acceptors (Lipinski definition) is 2. The molecule has 100 valence electrons. The fourth-order valence-electron chi connectivity index (χ4n) is 2.42. The van der Waals surface area contributed by atoms with Gasteiger partial charge in [0, 0.05) is 18.3 Å². The molecule has 0 saturated heterocycles. The van der Waals surface area contributed by atoms with Crippen LogP contribution in [0.15, 0.2) is 30.3 Å². The third kappa shape index (κ3) is 3.04. The van der Waals surface area contributed by atoms with Crippen molar-refractivity contribution in [1.82, 2.24) is 15.1 Å². The van der Waals surface area contributed by atoms with E-state index in [0.717, 1.165) is 24.8 Å². The Kier molecular flexibility index (Phi) is 3.38. The molecule has 3 nitrogen and oxygen atoms in total.